The van der Waals surface area contributed by atoms with Crippen LogP contribution in [0.5, 0.6) is 0 Å². The van der Waals surface area contributed by atoms with Gasteiger partial charge in [-0.1, -0.05) is 42.8 Å². The number of nitrogens with zero attached hydrogens (tertiary/aromatic N) is 3. The number of hydrogen-bond acceptors (Lipinski definition) is 5. The van der Waals surface area contributed by atoms with Crippen LogP contribution in [0, 0.1) is 0 Å². The van der Waals surface area contributed by atoms with E-state index in [0.29, 0.717) is 50.2 Å². The maximum absolute atomic E-state index is 13.6. The van der Waals surface area contributed by atoms with Crippen LogP contribution in [0.15, 0.2) is 71.9 Å². The molecule has 0 bridgehead atoms. The van der Waals surface area contributed by atoms with E-state index in [4.69, 9.17) is 0 Å². The molecular weight excluding hydrogens is 474 g/mol. The second kappa shape index (κ2) is 10.3. The summed E-state index contributed by atoms with van der Waals surface area (Å²) >= 11 is 0. The molecule has 0 aliphatic carbocycles. The molecule has 2 fully saturated rings. The monoisotopic (exact) mass is 507 g/mol. The second-order valence-corrected chi connectivity index (χ2v) is 11.9. The molecular formula is C28H33N3O4S. The zero-order chi connectivity index (χ0) is 25.2. The largest absolute Gasteiger partial charge is 0.385 e. The Bertz CT molecular complexity index is 1320. The Hall–Kier alpha value is -2.81. The van der Waals surface area contributed by atoms with Crippen molar-refractivity contribution in [3.63, 3.8) is 0 Å². The molecule has 2 aromatic carbocycles. The zero-order valence-corrected chi connectivity index (χ0v) is 21.2. The van der Waals surface area contributed by atoms with Crippen molar-refractivity contribution in [1.29, 1.82) is 0 Å². The lowest BCUT2D eigenvalue weighted by Gasteiger charge is -2.39. The van der Waals surface area contributed by atoms with E-state index >= 15 is 0 Å². The van der Waals surface area contributed by atoms with Crippen LogP contribution in [-0.2, 0) is 20.4 Å². The Morgan fingerprint density at radius 1 is 1.00 bits per heavy atom. The Morgan fingerprint density at radius 2 is 1.78 bits per heavy atom. The number of aromatic nitrogens is 1. The minimum atomic E-state index is -3.65. The van der Waals surface area contributed by atoms with E-state index in [0.717, 1.165) is 35.6 Å². The highest BCUT2D eigenvalue weighted by Crippen LogP contribution is 2.33. The van der Waals surface area contributed by atoms with E-state index in [1.54, 1.807) is 33.7 Å². The molecule has 0 radical (unpaired) electrons. The molecule has 190 valence electrons. The number of piperidine rings is 2. The van der Waals surface area contributed by atoms with Gasteiger partial charge in [0.25, 0.3) is 0 Å². The summed E-state index contributed by atoms with van der Waals surface area (Å²) in [6.07, 6.45) is 7.68. The molecule has 1 unspecified atom stereocenters. The van der Waals surface area contributed by atoms with E-state index in [1.807, 2.05) is 42.5 Å². The van der Waals surface area contributed by atoms with Crippen LogP contribution in [-0.4, -0.2) is 59.3 Å². The van der Waals surface area contributed by atoms with Crippen molar-refractivity contribution in [2.45, 2.75) is 61.5 Å². The summed E-state index contributed by atoms with van der Waals surface area (Å²) in [5.74, 6) is 0.0249. The van der Waals surface area contributed by atoms with Gasteiger partial charge in [0.2, 0.25) is 15.9 Å². The van der Waals surface area contributed by atoms with Crippen molar-refractivity contribution in [2.75, 3.05) is 19.6 Å². The molecule has 3 aromatic rings. The van der Waals surface area contributed by atoms with Crippen LogP contribution in [0.2, 0.25) is 0 Å². The van der Waals surface area contributed by atoms with Crippen molar-refractivity contribution >= 4 is 26.7 Å². The standard InChI is InChI=1S/C28H33N3O4S/c32-27(30-18-14-28(33,15-19-30)24-8-5-16-29-21-24)13-11-25-9-3-4-17-31(25)36(34,35)26-12-10-22-6-1-2-7-23(22)20-26/h1-2,5-8,10,12,16,20-21,25,33H,3-4,9,11,13-15,17-19H2. The number of likely N-dealkylation sites (tertiary alicyclic amines) is 1. The van der Waals surface area contributed by atoms with Crippen molar-refractivity contribution in [1.82, 2.24) is 14.2 Å². The third-order valence-corrected chi connectivity index (χ3v) is 9.68. The first-order valence-corrected chi connectivity index (χ1v) is 14.2. The lowest BCUT2D eigenvalue weighted by atomic mass is 9.85. The minimum Gasteiger partial charge on any atom is -0.385 e. The topological polar surface area (TPSA) is 90.8 Å². The number of fused-ring (bicyclic) bond motifs is 1. The first-order chi connectivity index (χ1) is 17.4. The highest BCUT2D eigenvalue weighted by molar-refractivity contribution is 7.89. The second-order valence-electron chi connectivity index (χ2n) is 9.97. The molecule has 8 heteroatoms. The summed E-state index contributed by atoms with van der Waals surface area (Å²) in [6.45, 7) is 1.44. The van der Waals surface area contributed by atoms with Gasteiger partial charge in [0.05, 0.1) is 10.5 Å². The summed E-state index contributed by atoms with van der Waals surface area (Å²) in [5.41, 5.74) is -0.173. The number of carbonyl (C=O) groups excluding carboxylic acids is 1. The number of pyridine rings is 1. The number of sulfonamides is 1. The summed E-state index contributed by atoms with van der Waals surface area (Å²) in [7, 11) is -3.65. The Balaban J connectivity index is 1.23. The highest BCUT2D eigenvalue weighted by atomic mass is 32.2. The summed E-state index contributed by atoms with van der Waals surface area (Å²) in [4.78, 5) is 19.2. The number of benzene rings is 2. The van der Waals surface area contributed by atoms with Gasteiger partial charge in [-0.2, -0.15) is 4.31 Å². The molecule has 2 aliphatic rings. The molecule has 3 heterocycles. The lowest BCUT2D eigenvalue weighted by molar-refractivity contribution is -0.136. The van der Waals surface area contributed by atoms with Gasteiger partial charge >= 0.3 is 0 Å². The van der Waals surface area contributed by atoms with Crippen LogP contribution in [0.4, 0.5) is 0 Å². The first-order valence-electron chi connectivity index (χ1n) is 12.8. The van der Waals surface area contributed by atoms with E-state index < -0.39 is 15.6 Å². The molecule has 5 rings (SSSR count). The molecule has 1 atom stereocenters. The van der Waals surface area contributed by atoms with Gasteiger partial charge in [-0.25, -0.2) is 8.42 Å². The van der Waals surface area contributed by atoms with Gasteiger partial charge < -0.3 is 10.0 Å². The van der Waals surface area contributed by atoms with Gasteiger partial charge in [0.15, 0.2) is 0 Å². The van der Waals surface area contributed by atoms with Gasteiger partial charge in [-0.15, -0.1) is 0 Å². The van der Waals surface area contributed by atoms with Crippen molar-refractivity contribution in [3.8, 4) is 0 Å². The number of aliphatic hydroxyl groups is 1. The van der Waals surface area contributed by atoms with Gasteiger partial charge in [0.1, 0.15) is 0 Å². The van der Waals surface area contributed by atoms with Gasteiger partial charge in [-0.3, -0.25) is 9.78 Å². The van der Waals surface area contributed by atoms with Crippen molar-refractivity contribution < 1.29 is 18.3 Å². The SMILES string of the molecule is O=C(CCC1CCCCN1S(=O)(=O)c1ccc2ccccc2c1)N1CCC(O)(c2cccnc2)CC1. The summed E-state index contributed by atoms with van der Waals surface area (Å²) < 4.78 is 28.8. The number of carbonyl (C=O) groups is 1. The fraction of sp³-hybridized carbons (Fsp3) is 0.429. The molecule has 2 saturated heterocycles. The third-order valence-electron chi connectivity index (χ3n) is 7.73. The van der Waals surface area contributed by atoms with Gasteiger partial charge in [0, 0.05) is 50.1 Å². The smallest absolute Gasteiger partial charge is 0.243 e. The Kier molecular flexibility index (Phi) is 7.10. The molecule has 0 saturated carbocycles. The number of amides is 1. The number of rotatable bonds is 6. The quantitative estimate of drug-likeness (QED) is 0.543. The molecule has 7 nitrogen and oxygen atoms in total. The lowest BCUT2D eigenvalue weighted by Crippen LogP contribution is -2.46. The summed E-state index contributed by atoms with van der Waals surface area (Å²) in [6, 6.07) is 16.5. The third kappa shape index (κ3) is 5.03. The van der Waals surface area contributed by atoms with E-state index in [2.05, 4.69) is 4.98 Å². The maximum Gasteiger partial charge on any atom is 0.243 e. The molecule has 36 heavy (non-hydrogen) atoms. The molecule has 1 aromatic heterocycles. The van der Waals surface area contributed by atoms with Gasteiger partial charge in [-0.05, 0) is 61.1 Å². The molecule has 2 aliphatic heterocycles. The maximum atomic E-state index is 13.6. The van der Waals surface area contributed by atoms with Crippen LogP contribution < -0.4 is 0 Å². The first kappa shape index (κ1) is 24.9. The van der Waals surface area contributed by atoms with Crippen LogP contribution in [0.25, 0.3) is 10.8 Å². The normalized spacial score (nSPS) is 20.9. The predicted molar refractivity (Wildman–Crippen MR) is 139 cm³/mol. The average molecular weight is 508 g/mol. The Morgan fingerprint density at radius 3 is 2.53 bits per heavy atom. The van der Waals surface area contributed by atoms with Crippen LogP contribution >= 0.6 is 0 Å². The minimum absolute atomic E-state index is 0.0249. The molecule has 1 N–H and O–H groups in total. The van der Waals surface area contributed by atoms with E-state index in [9.17, 15) is 18.3 Å². The average Bonchev–Trinajstić information content (AvgIpc) is 2.92. The van der Waals surface area contributed by atoms with E-state index in [-0.39, 0.29) is 11.9 Å². The van der Waals surface area contributed by atoms with Crippen LogP contribution in [0.1, 0.15) is 50.5 Å². The highest BCUT2D eigenvalue weighted by Gasteiger charge is 2.37. The molecule has 1 amide bonds. The zero-order valence-electron chi connectivity index (χ0n) is 20.4. The fourth-order valence-corrected chi connectivity index (χ4v) is 7.30. The van der Waals surface area contributed by atoms with E-state index in [1.165, 1.54) is 0 Å². The van der Waals surface area contributed by atoms with Crippen molar-refractivity contribution in [2.24, 2.45) is 0 Å². The summed E-state index contributed by atoms with van der Waals surface area (Å²) in [5, 5.41) is 12.9. The fourth-order valence-electron chi connectivity index (χ4n) is 5.54. The Labute approximate surface area is 212 Å². The van der Waals surface area contributed by atoms with Crippen molar-refractivity contribution in [3.05, 3.63) is 72.6 Å². The van der Waals surface area contributed by atoms with Crippen LogP contribution in [0.3, 0.4) is 0 Å². The number of hydrogen-bond donors (Lipinski definition) is 1. The predicted octanol–water partition coefficient (Wildman–Crippen LogP) is 4.07. The molecule has 0 spiro atoms.